The van der Waals surface area contributed by atoms with Crippen LogP contribution in [0, 0.1) is 0 Å². The number of allylic oxidation sites excluding steroid dienone is 2. The first kappa shape index (κ1) is 18.4. The maximum Gasteiger partial charge on any atom is 0.343 e. The molecule has 3 aromatic rings. The largest absolute Gasteiger partial charge is 0.494 e. The van der Waals surface area contributed by atoms with Gasteiger partial charge in [0.2, 0.25) is 5.88 Å². The van der Waals surface area contributed by atoms with E-state index in [1.54, 1.807) is 54.6 Å². The minimum absolute atomic E-state index is 0.00138. The van der Waals surface area contributed by atoms with E-state index >= 15 is 0 Å². The van der Waals surface area contributed by atoms with Crippen molar-refractivity contribution in [2.45, 2.75) is 13.8 Å². The van der Waals surface area contributed by atoms with Gasteiger partial charge in [0, 0.05) is 5.71 Å². The van der Waals surface area contributed by atoms with E-state index in [1.807, 2.05) is 26.0 Å². The molecule has 0 aliphatic carbocycles. The lowest BCUT2D eigenvalue weighted by Crippen LogP contribution is -2.39. The van der Waals surface area contributed by atoms with E-state index in [9.17, 15) is 14.7 Å². The minimum Gasteiger partial charge on any atom is -0.494 e. The highest BCUT2D eigenvalue weighted by Gasteiger charge is 2.21. The summed E-state index contributed by atoms with van der Waals surface area (Å²) in [7, 11) is 0. The Kier molecular flexibility index (Phi) is 4.60. The Morgan fingerprint density at radius 2 is 1.41 bits per heavy atom. The van der Waals surface area contributed by atoms with Crippen molar-refractivity contribution < 1.29 is 5.11 Å². The van der Waals surface area contributed by atoms with E-state index in [1.165, 1.54) is 6.08 Å². The van der Waals surface area contributed by atoms with Crippen LogP contribution in [0.15, 0.2) is 92.6 Å². The average molecular weight is 385 g/mol. The number of hydrogen-bond acceptors (Lipinski definition) is 4. The summed E-state index contributed by atoms with van der Waals surface area (Å²) in [5, 5.41) is 10.9. The van der Waals surface area contributed by atoms with Gasteiger partial charge in [0.1, 0.15) is 5.56 Å². The monoisotopic (exact) mass is 385 g/mol. The fourth-order valence-corrected chi connectivity index (χ4v) is 3.34. The van der Waals surface area contributed by atoms with E-state index in [4.69, 9.17) is 0 Å². The summed E-state index contributed by atoms with van der Waals surface area (Å²) in [5.41, 5.74) is 1.89. The van der Waals surface area contributed by atoms with Crippen LogP contribution in [0.4, 0.5) is 0 Å². The quantitative estimate of drug-likeness (QED) is 0.750. The lowest BCUT2D eigenvalue weighted by atomic mass is 10.1. The molecule has 2 heterocycles. The molecule has 1 aliphatic rings. The van der Waals surface area contributed by atoms with E-state index in [0.29, 0.717) is 17.1 Å². The second-order valence-electron chi connectivity index (χ2n) is 6.78. The van der Waals surface area contributed by atoms with Crippen molar-refractivity contribution in [3.63, 3.8) is 0 Å². The zero-order valence-corrected chi connectivity index (χ0v) is 16.0. The van der Waals surface area contributed by atoms with Crippen molar-refractivity contribution in [3.8, 4) is 17.3 Å². The Bertz CT molecular complexity index is 1290. The Labute approximate surface area is 167 Å². The number of para-hydroxylation sites is 2. The predicted octanol–water partition coefficient (Wildman–Crippen LogP) is 3.46. The molecular weight excluding hydrogens is 366 g/mol. The number of benzene rings is 2. The number of aromatic nitrogens is 2. The fourth-order valence-electron chi connectivity index (χ4n) is 3.34. The molecular formula is C23H19N3O3. The molecule has 6 heteroatoms. The third kappa shape index (κ3) is 3.25. The number of nitrogens with zero attached hydrogens (tertiary/aromatic N) is 3. The Hall–Kier alpha value is -3.93. The lowest BCUT2D eigenvalue weighted by molar-refractivity contribution is 0.426. The van der Waals surface area contributed by atoms with Gasteiger partial charge in [-0.3, -0.25) is 9.79 Å². The average Bonchev–Trinajstić information content (AvgIpc) is 3.04. The van der Waals surface area contributed by atoms with Crippen LogP contribution < -0.4 is 11.2 Å². The lowest BCUT2D eigenvalue weighted by Gasteiger charge is -2.15. The van der Waals surface area contributed by atoms with Crippen LogP contribution in [0.25, 0.3) is 17.5 Å². The minimum atomic E-state index is -0.648. The maximum absolute atomic E-state index is 13.2. The third-order valence-corrected chi connectivity index (χ3v) is 4.70. The maximum atomic E-state index is 13.2. The van der Waals surface area contributed by atoms with Crippen molar-refractivity contribution in [2.75, 3.05) is 0 Å². The van der Waals surface area contributed by atoms with Crippen molar-refractivity contribution in [3.05, 3.63) is 104 Å². The molecule has 6 nitrogen and oxygen atoms in total. The van der Waals surface area contributed by atoms with Crippen molar-refractivity contribution >= 4 is 11.8 Å². The van der Waals surface area contributed by atoms with Gasteiger partial charge in [-0.15, -0.1) is 0 Å². The predicted molar refractivity (Wildman–Crippen MR) is 114 cm³/mol. The van der Waals surface area contributed by atoms with Crippen molar-refractivity contribution in [2.24, 2.45) is 4.99 Å². The highest BCUT2D eigenvalue weighted by molar-refractivity contribution is 5.98. The number of rotatable bonds is 3. The number of hydrogen-bond donors (Lipinski definition) is 1. The standard InChI is InChI=1S/C23H19N3O3/c1-15-13-16(2)24-20(15)14-19-21(27)25(17-9-5-3-6-10-17)23(29)26(22(19)28)18-11-7-4-8-12-18/h3-14,27H,1-2H3/b20-14-. The molecule has 0 saturated carbocycles. The molecule has 0 saturated heterocycles. The molecule has 29 heavy (non-hydrogen) atoms. The van der Waals surface area contributed by atoms with Gasteiger partial charge in [-0.1, -0.05) is 36.4 Å². The van der Waals surface area contributed by atoms with Gasteiger partial charge in [0.25, 0.3) is 5.56 Å². The molecule has 0 fully saturated rings. The molecule has 1 N–H and O–H groups in total. The molecule has 1 aliphatic heterocycles. The van der Waals surface area contributed by atoms with E-state index < -0.39 is 17.1 Å². The van der Waals surface area contributed by atoms with Crippen LogP contribution in [0.2, 0.25) is 0 Å². The summed E-state index contributed by atoms with van der Waals surface area (Å²) < 4.78 is 2.19. The van der Waals surface area contributed by atoms with Crippen LogP contribution in [-0.4, -0.2) is 20.0 Å². The molecule has 1 aromatic heterocycles. The van der Waals surface area contributed by atoms with Gasteiger partial charge in [0.15, 0.2) is 0 Å². The zero-order chi connectivity index (χ0) is 20.5. The summed E-state index contributed by atoms with van der Waals surface area (Å²) in [6.07, 6.45) is 3.42. The van der Waals surface area contributed by atoms with E-state index in [0.717, 1.165) is 20.4 Å². The molecule has 0 spiro atoms. The molecule has 4 rings (SSSR count). The highest BCUT2D eigenvalue weighted by Crippen LogP contribution is 2.25. The summed E-state index contributed by atoms with van der Waals surface area (Å²) in [4.78, 5) is 30.9. The van der Waals surface area contributed by atoms with Gasteiger partial charge in [0.05, 0.1) is 17.1 Å². The second kappa shape index (κ2) is 7.24. The second-order valence-corrected chi connectivity index (χ2v) is 6.78. The molecule has 2 aromatic carbocycles. The first-order valence-electron chi connectivity index (χ1n) is 9.15. The van der Waals surface area contributed by atoms with Gasteiger partial charge >= 0.3 is 5.69 Å². The topological polar surface area (TPSA) is 76.6 Å². The van der Waals surface area contributed by atoms with Crippen LogP contribution in [0.5, 0.6) is 5.88 Å². The number of aromatic hydroxyl groups is 1. The molecule has 0 atom stereocenters. The number of aliphatic imine (C=N–C) groups is 1. The summed E-state index contributed by atoms with van der Waals surface area (Å²) >= 11 is 0. The smallest absolute Gasteiger partial charge is 0.343 e. The normalized spacial score (nSPS) is 14.8. The molecule has 0 amide bonds. The summed E-state index contributed by atoms with van der Waals surface area (Å²) in [6.45, 7) is 3.74. The van der Waals surface area contributed by atoms with Crippen LogP contribution in [0.3, 0.4) is 0 Å². The zero-order valence-electron chi connectivity index (χ0n) is 16.0. The Morgan fingerprint density at radius 3 is 1.93 bits per heavy atom. The highest BCUT2D eigenvalue weighted by atomic mass is 16.3. The van der Waals surface area contributed by atoms with Crippen LogP contribution in [-0.2, 0) is 0 Å². The first-order valence-corrected chi connectivity index (χ1v) is 9.15. The van der Waals surface area contributed by atoms with E-state index in [-0.39, 0.29) is 5.56 Å². The Morgan fingerprint density at radius 1 is 0.862 bits per heavy atom. The van der Waals surface area contributed by atoms with Crippen molar-refractivity contribution in [1.29, 1.82) is 0 Å². The van der Waals surface area contributed by atoms with Crippen molar-refractivity contribution in [1.82, 2.24) is 9.13 Å². The van der Waals surface area contributed by atoms with Gasteiger partial charge in [-0.2, -0.15) is 0 Å². The third-order valence-electron chi connectivity index (χ3n) is 4.70. The van der Waals surface area contributed by atoms with E-state index in [2.05, 4.69) is 4.99 Å². The fraction of sp³-hybridized carbons (Fsp3) is 0.0870. The summed E-state index contributed by atoms with van der Waals surface area (Å²) in [6, 6.07) is 17.4. The van der Waals surface area contributed by atoms with Crippen LogP contribution >= 0.6 is 0 Å². The van der Waals surface area contributed by atoms with Crippen LogP contribution in [0.1, 0.15) is 19.4 Å². The first-order chi connectivity index (χ1) is 14.0. The Balaban J connectivity index is 2.09. The summed E-state index contributed by atoms with van der Waals surface area (Å²) in [5.74, 6) is -0.418. The van der Waals surface area contributed by atoms with Gasteiger partial charge in [-0.25, -0.2) is 13.9 Å². The molecule has 0 unspecified atom stereocenters. The van der Waals surface area contributed by atoms with Gasteiger partial charge in [-0.05, 0) is 55.8 Å². The molecule has 0 radical (unpaired) electrons. The molecule has 0 bridgehead atoms. The molecule has 144 valence electrons. The SMILES string of the molecule is CC1=CC(C)=N/C1=C\c1c(O)n(-c2ccccc2)c(=O)n(-c2ccccc2)c1=O. The van der Waals surface area contributed by atoms with Gasteiger partial charge < -0.3 is 5.11 Å².